The highest BCUT2D eigenvalue weighted by Crippen LogP contribution is 2.30. The molecule has 1 saturated heterocycles. The zero-order chi connectivity index (χ0) is 23.0. The second-order valence-electron chi connectivity index (χ2n) is 8.65. The summed E-state index contributed by atoms with van der Waals surface area (Å²) in [4.78, 5) is 13.8. The van der Waals surface area contributed by atoms with Crippen molar-refractivity contribution in [2.24, 2.45) is 0 Å². The summed E-state index contributed by atoms with van der Waals surface area (Å²) >= 11 is 0. The van der Waals surface area contributed by atoms with Crippen LogP contribution in [0.25, 0.3) is 11.3 Å². The molecule has 0 saturated carbocycles. The van der Waals surface area contributed by atoms with E-state index < -0.39 is 10.0 Å². The van der Waals surface area contributed by atoms with Crippen molar-refractivity contribution < 1.29 is 8.42 Å². The van der Waals surface area contributed by atoms with E-state index in [-0.39, 0.29) is 5.95 Å². The fourth-order valence-electron chi connectivity index (χ4n) is 4.44. The Morgan fingerprint density at radius 1 is 0.879 bits per heavy atom. The van der Waals surface area contributed by atoms with E-state index in [2.05, 4.69) is 32.9 Å². The van der Waals surface area contributed by atoms with Crippen LogP contribution in [0.1, 0.15) is 11.1 Å². The number of likely N-dealkylation sites (N-methyl/N-ethyl adjacent to an activating group) is 1. The van der Waals surface area contributed by atoms with Crippen LogP contribution in [-0.4, -0.2) is 67.4 Å². The van der Waals surface area contributed by atoms with Crippen molar-refractivity contribution in [1.82, 2.24) is 19.2 Å². The van der Waals surface area contributed by atoms with Crippen molar-refractivity contribution in [2.45, 2.75) is 17.9 Å². The number of benzene rings is 2. The van der Waals surface area contributed by atoms with Gasteiger partial charge in [-0.3, -0.25) is 0 Å². The Morgan fingerprint density at radius 3 is 2.39 bits per heavy atom. The van der Waals surface area contributed by atoms with Crippen LogP contribution in [0.3, 0.4) is 0 Å². The predicted molar refractivity (Wildman–Crippen MR) is 129 cm³/mol. The van der Waals surface area contributed by atoms with Crippen LogP contribution in [0, 0.1) is 0 Å². The van der Waals surface area contributed by atoms with E-state index in [4.69, 9.17) is 5.73 Å². The summed E-state index contributed by atoms with van der Waals surface area (Å²) in [5, 5.41) is 0. The molecule has 2 aromatic carbocycles. The molecular formula is C24H28N6O2S. The number of piperazine rings is 1. The lowest BCUT2D eigenvalue weighted by Gasteiger charge is -2.33. The van der Waals surface area contributed by atoms with Gasteiger partial charge < -0.3 is 15.5 Å². The Balaban J connectivity index is 1.43. The molecule has 0 atom stereocenters. The monoisotopic (exact) mass is 464 g/mol. The first kappa shape index (κ1) is 21.8. The molecule has 0 spiro atoms. The molecule has 2 N–H and O–H groups in total. The highest BCUT2D eigenvalue weighted by molar-refractivity contribution is 7.89. The zero-order valence-electron chi connectivity index (χ0n) is 18.7. The first-order valence-electron chi connectivity index (χ1n) is 11.2. The third kappa shape index (κ3) is 4.44. The lowest BCUT2D eigenvalue weighted by Crippen LogP contribution is -2.44. The van der Waals surface area contributed by atoms with E-state index >= 15 is 0 Å². The summed E-state index contributed by atoms with van der Waals surface area (Å²) in [5.41, 5.74) is 9.89. The maximum absolute atomic E-state index is 13.1. The second-order valence-corrected chi connectivity index (χ2v) is 10.6. The molecule has 0 unspecified atom stereocenters. The van der Waals surface area contributed by atoms with Gasteiger partial charge >= 0.3 is 0 Å². The van der Waals surface area contributed by atoms with Gasteiger partial charge in [0.2, 0.25) is 16.0 Å². The molecule has 3 aromatic rings. The second kappa shape index (κ2) is 8.74. The van der Waals surface area contributed by atoms with Gasteiger partial charge in [0.25, 0.3) is 0 Å². The normalized spacial score (nSPS) is 17.7. The van der Waals surface area contributed by atoms with Gasteiger partial charge in [0.05, 0.1) is 10.6 Å². The summed E-state index contributed by atoms with van der Waals surface area (Å²) in [6, 6.07) is 16.7. The highest BCUT2D eigenvalue weighted by atomic mass is 32.2. The smallest absolute Gasteiger partial charge is 0.243 e. The molecule has 5 rings (SSSR count). The van der Waals surface area contributed by atoms with Crippen LogP contribution in [-0.2, 0) is 23.0 Å². The third-order valence-corrected chi connectivity index (χ3v) is 8.28. The first-order valence-corrected chi connectivity index (χ1v) is 12.6. The molecule has 0 bridgehead atoms. The average Bonchev–Trinajstić information content (AvgIpc) is 2.84. The van der Waals surface area contributed by atoms with Crippen molar-refractivity contribution >= 4 is 21.8 Å². The Bertz CT molecular complexity index is 1260. The lowest BCUT2D eigenvalue weighted by molar-refractivity contribution is 0.312. The minimum absolute atomic E-state index is 0.243. The Hall–Kier alpha value is -3.01. The van der Waals surface area contributed by atoms with E-state index in [1.54, 1.807) is 28.6 Å². The zero-order valence-corrected chi connectivity index (χ0v) is 19.5. The minimum atomic E-state index is -3.54. The molecule has 33 heavy (non-hydrogen) atoms. The van der Waals surface area contributed by atoms with Crippen LogP contribution in [0.4, 0.5) is 11.8 Å². The van der Waals surface area contributed by atoms with Crippen LogP contribution >= 0.6 is 0 Å². The van der Waals surface area contributed by atoms with Gasteiger partial charge in [-0.1, -0.05) is 30.3 Å². The van der Waals surface area contributed by atoms with Crippen LogP contribution in [0.15, 0.2) is 59.5 Å². The number of rotatable bonds is 4. The molecule has 1 aromatic heterocycles. The number of hydrogen-bond donors (Lipinski definition) is 1. The quantitative estimate of drug-likeness (QED) is 0.633. The lowest BCUT2D eigenvalue weighted by atomic mass is 9.97. The number of hydrogen-bond acceptors (Lipinski definition) is 7. The van der Waals surface area contributed by atoms with Gasteiger partial charge in [0.15, 0.2) is 0 Å². The SMILES string of the molecule is CN1CCN(c2cc(-c3ccc4c(c3)CN(S(=O)(=O)c3ccccc3)CC4)nc(N)n2)CC1. The molecule has 8 nitrogen and oxygen atoms in total. The topological polar surface area (TPSA) is 95.7 Å². The number of nitrogens with two attached hydrogens (primary N) is 1. The molecule has 0 radical (unpaired) electrons. The largest absolute Gasteiger partial charge is 0.368 e. The van der Waals surface area contributed by atoms with Gasteiger partial charge in [0, 0.05) is 50.9 Å². The number of nitrogen functional groups attached to an aromatic ring is 1. The number of nitrogens with zero attached hydrogens (tertiary/aromatic N) is 5. The average molecular weight is 465 g/mol. The third-order valence-electron chi connectivity index (χ3n) is 6.42. The van der Waals surface area contributed by atoms with Crippen molar-refractivity contribution in [3.63, 3.8) is 0 Å². The number of aromatic nitrogens is 2. The number of anilines is 2. The molecule has 0 amide bonds. The van der Waals surface area contributed by atoms with Gasteiger partial charge in [-0.2, -0.15) is 9.29 Å². The van der Waals surface area contributed by atoms with Crippen molar-refractivity contribution in [2.75, 3.05) is 50.4 Å². The van der Waals surface area contributed by atoms with Crippen LogP contribution < -0.4 is 10.6 Å². The molecule has 172 valence electrons. The summed E-state index contributed by atoms with van der Waals surface area (Å²) in [6.45, 7) is 4.54. The maximum Gasteiger partial charge on any atom is 0.243 e. The molecule has 2 aliphatic rings. The summed E-state index contributed by atoms with van der Waals surface area (Å²) in [5.74, 6) is 1.07. The molecule has 2 aliphatic heterocycles. The van der Waals surface area contributed by atoms with Gasteiger partial charge in [-0.25, -0.2) is 13.4 Å². The Kier molecular flexibility index (Phi) is 5.77. The number of sulfonamides is 1. The number of fused-ring (bicyclic) bond motifs is 1. The maximum atomic E-state index is 13.1. The van der Waals surface area contributed by atoms with E-state index in [0.29, 0.717) is 24.4 Å². The van der Waals surface area contributed by atoms with E-state index in [9.17, 15) is 8.42 Å². The Morgan fingerprint density at radius 2 is 1.64 bits per heavy atom. The van der Waals surface area contributed by atoms with E-state index in [1.165, 1.54) is 5.56 Å². The molecule has 3 heterocycles. The van der Waals surface area contributed by atoms with Crippen LogP contribution in [0.2, 0.25) is 0 Å². The first-order chi connectivity index (χ1) is 15.9. The minimum Gasteiger partial charge on any atom is -0.368 e. The summed E-state index contributed by atoms with van der Waals surface area (Å²) < 4.78 is 27.8. The fraction of sp³-hybridized carbons (Fsp3) is 0.333. The summed E-state index contributed by atoms with van der Waals surface area (Å²) in [6.07, 6.45) is 0.681. The van der Waals surface area contributed by atoms with Gasteiger partial charge in [-0.05, 0) is 42.8 Å². The van der Waals surface area contributed by atoms with Gasteiger partial charge in [0.1, 0.15) is 5.82 Å². The van der Waals surface area contributed by atoms with Crippen LogP contribution in [0.5, 0.6) is 0 Å². The summed E-state index contributed by atoms with van der Waals surface area (Å²) in [7, 11) is -1.42. The van der Waals surface area contributed by atoms with Crippen molar-refractivity contribution in [3.05, 3.63) is 65.7 Å². The highest BCUT2D eigenvalue weighted by Gasteiger charge is 2.28. The standard InChI is InChI=1S/C24H28N6O2S/c1-28-11-13-29(14-12-28)23-16-22(26-24(25)27-23)19-8-7-18-9-10-30(17-20(18)15-19)33(31,32)21-5-3-2-4-6-21/h2-8,15-16H,9-14,17H2,1H3,(H2,25,26,27). The van der Waals surface area contributed by atoms with E-state index in [0.717, 1.165) is 48.8 Å². The van der Waals surface area contributed by atoms with E-state index in [1.807, 2.05) is 24.3 Å². The Labute approximate surface area is 194 Å². The van der Waals surface area contributed by atoms with Gasteiger partial charge in [-0.15, -0.1) is 0 Å². The van der Waals surface area contributed by atoms with Crippen molar-refractivity contribution in [1.29, 1.82) is 0 Å². The molecule has 0 aliphatic carbocycles. The molecule has 1 fully saturated rings. The fourth-order valence-corrected chi connectivity index (χ4v) is 5.88. The molecular weight excluding hydrogens is 436 g/mol. The van der Waals surface area contributed by atoms with Crippen molar-refractivity contribution in [3.8, 4) is 11.3 Å². The molecule has 9 heteroatoms. The predicted octanol–water partition coefficient (Wildman–Crippen LogP) is 2.22.